The molecule has 0 radical (unpaired) electrons. The molecule has 0 fully saturated rings. The van der Waals surface area contributed by atoms with E-state index >= 15 is 0 Å². The van der Waals surface area contributed by atoms with Crippen molar-refractivity contribution in [2.75, 3.05) is 17.5 Å². The fourth-order valence-electron chi connectivity index (χ4n) is 4.62. The SMILES string of the molecule is CNC1(c2ccc3cn[nH]c3c2)Cc2ccccc2N(Nc2ncnc3ccccc23)C1=O. The van der Waals surface area contributed by atoms with Crippen molar-refractivity contribution in [1.29, 1.82) is 0 Å². The first-order chi connectivity index (χ1) is 16.2. The first-order valence-corrected chi connectivity index (χ1v) is 10.7. The van der Waals surface area contributed by atoms with Gasteiger partial charge in [-0.3, -0.25) is 15.3 Å². The maximum atomic E-state index is 14.2. The molecule has 3 N–H and O–H groups in total. The molecule has 0 spiro atoms. The van der Waals surface area contributed by atoms with Crippen LogP contribution in [-0.2, 0) is 16.8 Å². The summed E-state index contributed by atoms with van der Waals surface area (Å²) in [4.78, 5) is 23.0. The van der Waals surface area contributed by atoms with E-state index in [2.05, 4.69) is 37.0 Å². The Morgan fingerprint density at radius 2 is 1.88 bits per heavy atom. The second-order valence-corrected chi connectivity index (χ2v) is 8.12. The summed E-state index contributed by atoms with van der Waals surface area (Å²) in [7, 11) is 1.82. The Kier molecular flexibility index (Phi) is 4.34. The molecule has 6 rings (SSSR count). The number of fused-ring (bicyclic) bond motifs is 3. The number of rotatable bonds is 4. The first kappa shape index (κ1) is 19.4. The third-order valence-electron chi connectivity index (χ3n) is 6.38. The van der Waals surface area contributed by atoms with Crippen molar-refractivity contribution in [3.63, 3.8) is 0 Å². The van der Waals surface area contributed by atoms with Crippen molar-refractivity contribution in [2.45, 2.75) is 12.0 Å². The van der Waals surface area contributed by atoms with Gasteiger partial charge >= 0.3 is 0 Å². The number of hydrogen-bond donors (Lipinski definition) is 3. The highest BCUT2D eigenvalue weighted by molar-refractivity contribution is 6.06. The van der Waals surface area contributed by atoms with E-state index in [4.69, 9.17) is 0 Å². The van der Waals surface area contributed by atoms with Gasteiger partial charge in [0.05, 0.1) is 22.9 Å². The number of amides is 1. The fourth-order valence-corrected chi connectivity index (χ4v) is 4.62. The van der Waals surface area contributed by atoms with Gasteiger partial charge in [0.2, 0.25) is 0 Å². The molecule has 1 amide bonds. The average molecular weight is 435 g/mol. The van der Waals surface area contributed by atoms with Crippen LogP contribution < -0.4 is 15.8 Å². The summed E-state index contributed by atoms with van der Waals surface area (Å²) in [6.07, 6.45) is 3.79. The van der Waals surface area contributed by atoms with E-state index in [0.717, 1.165) is 38.6 Å². The number of aromatic amines is 1. The predicted molar refractivity (Wildman–Crippen MR) is 128 cm³/mol. The van der Waals surface area contributed by atoms with E-state index in [-0.39, 0.29) is 5.91 Å². The van der Waals surface area contributed by atoms with Crippen LogP contribution in [-0.4, -0.2) is 33.1 Å². The van der Waals surface area contributed by atoms with Gasteiger partial charge in [-0.25, -0.2) is 15.0 Å². The zero-order valence-electron chi connectivity index (χ0n) is 17.9. The number of carbonyl (C=O) groups is 1. The van der Waals surface area contributed by atoms with Gasteiger partial charge in [-0.15, -0.1) is 0 Å². The van der Waals surface area contributed by atoms with Crippen molar-refractivity contribution in [2.24, 2.45) is 0 Å². The summed E-state index contributed by atoms with van der Waals surface area (Å²) in [6.45, 7) is 0. The monoisotopic (exact) mass is 435 g/mol. The van der Waals surface area contributed by atoms with Gasteiger partial charge in [0.15, 0.2) is 5.82 Å². The number of para-hydroxylation sites is 2. The Morgan fingerprint density at radius 1 is 1.03 bits per heavy atom. The van der Waals surface area contributed by atoms with Crippen LogP contribution in [0.3, 0.4) is 0 Å². The molecule has 1 aliphatic rings. The average Bonchev–Trinajstić information content (AvgIpc) is 3.34. The third-order valence-corrected chi connectivity index (χ3v) is 6.38. The quantitative estimate of drug-likeness (QED) is 0.399. The lowest BCUT2D eigenvalue weighted by Crippen LogP contribution is -2.60. The van der Waals surface area contributed by atoms with Crippen LogP contribution in [0.15, 0.2) is 79.3 Å². The van der Waals surface area contributed by atoms with Crippen LogP contribution >= 0.6 is 0 Å². The van der Waals surface area contributed by atoms with E-state index < -0.39 is 5.54 Å². The number of hydrazine groups is 1. The predicted octanol–water partition coefficient (Wildman–Crippen LogP) is 3.54. The molecule has 0 bridgehead atoms. The summed E-state index contributed by atoms with van der Waals surface area (Å²) in [5, 5.41) is 13.9. The maximum Gasteiger partial charge on any atom is 0.270 e. The van der Waals surface area contributed by atoms with Gasteiger partial charge in [-0.1, -0.05) is 42.5 Å². The number of likely N-dealkylation sites (N-methyl/N-ethyl adjacent to an activating group) is 1. The van der Waals surface area contributed by atoms with Gasteiger partial charge in [0.1, 0.15) is 11.9 Å². The number of H-pyrrole nitrogens is 1. The van der Waals surface area contributed by atoms with Gasteiger partial charge in [-0.05, 0) is 42.4 Å². The summed E-state index contributed by atoms with van der Waals surface area (Å²) >= 11 is 0. The van der Waals surface area contributed by atoms with Crippen LogP contribution in [0.5, 0.6) is 0 Å². The number of nitrogens with zero attached hydrogens (tertiary/aromatic N) is 4. The van der Waals surface area contributed by atoms with Crippen molar-refractivity contribution >= 4 is 39.2 Å². The van der Waals surface area contributed by atoms with Crippen molar-refractivity contribution in [1.82, 2.24) is 25.5 Å². The van der Waals surface area contributed by atoms with Crippen LogP contribution in [0.2, 0.25) is 0 Å². The molecule has 0 saturated carbocycles. The minimum Gasteiger partial charge on any atom is -0.302 e. The number of benzene rings is 3. The topological polar surface area (TPSA) is 98.8 Å². The third kappa shape index (κ3) is 2.95. The number of anilines is 2. The molecule has 162 valence electrons. The van der Waals surface area contributed by atoms with E-state index in [1.165, 1.54) is 6.33 Å². The van der Waals surface area contributed by atoms with Crippen LogP contribution in [0, 0.1) is 0 Å². The lowest BCUT2D eigenvalue weighted by molar-refractivity contribution is -0.125. The van der Waals surface area contributed by atoms with E-state index in [9.17, 15) is 4.79 Å². The molecule has 3 heterocycles. The molecule has 2 aromatic heterocycles. The van der Waals surface area contributed by atoms with Gasteiger partial charge in [0, 0.05) is 17.2 Å². The zero-order valence-corrected chi connectivity index (χ0v) is 17.9. The molecule has 1 atom stereocenters. The molecular weight excluding hydrogens is 414 g/mol. The fraction of sp³-hybridized carbons (Fsp3) is 0.120. The van der Waals surface area contributed by atoms with E-state index in [0.29, 0.717) is 12.2 Å². The second kappa shape index (κ2) is 7.39. The second-order valence-electron chi connectivity index (χ2n) is 8.12. The van der Waals surface area contributed by atoms with Crippen LogP contribution in [0.1, 0.15) is 11.1 Å². The molecule has 33 heavy (non-hydrogen) atoms. The Hall–Kier alpha value is -4.30. The van der Waals surface area contributed by atoms with Crippen LogP contribution in [0.25, 0.3) is 21.8 Å². The molecule has 1 unspecified atom stereocenters. The minimum absolute atomic E-state index is 0.120. The Labute approximate surface area is 189 Å². The molecule has 0 saturated heterocycles. The molecule has 8 heteroatoms. The van der Waals surface area contributed by atoms with Crippen molar-refractivity contribution in [3.8, 4) is 0 Å². The maximum absolute atomic E-state index is 14.2. The van der Waals surface area contributed by atoms with E-state index in [1.807, 2.05) is 67.7 Å². The number of aromatic nitrogens is 4. The standard InChI is InChI=1S/C25H21N7O/c1-26-25(18-11-10-17-14-29-30-21(17)12-18)13-16-6-2-5-9-22(16)32(24(25)33)31-23-19-7-3-4-8-20(19)27-15-28-23/h2-12,14-15,26H,13H2,1H3,(H,29,30)(H,27,28,31). The lowest BCUT2D eigenvalue weighted by atomic mass is 9.79. The largest absolute Gasteiger partial charge is 0.302 e. The van der Waals surface area contributed by atoms with Gasteiger partial charge < -0.3 is 5.32 Å². The molecule has 8 nitrogen and oxygen atoms in total. The summed E-state index contributed by atoms with van der Waals surface area (Å²) < 4.78 is 0. The Morgan fingerprint density at radius 3 is 2.79 bits per heavy atom. The Balaban J connectivity index is 1.51. The Bertz CT molecular complexity index is 1510. The highest BCUT2D eigenvalue weighted by Gasteiger charge is 2.47. The normalized spacial score (nSPS) is 18.0. The van der Waals surface area contributed by atoms with Gasteiger partial charge in [0.25, 0.3) is 5.91 Å². The highest BCUT2D eigenvalue weighted by atomic mass is 16.2. The summed E-state index contributed by atoms with van der Waals surface area (Å²) in [6, 6.07) is 21.6. The summed E-state index contributed by atoms with van der Waals surface area (Å²) in [5.41, 5.74) is 6.72. The van der Waals surface area contributed by atoms with Crippen molar-refractivity contribution in [3.05, 3.63) is 90.4 Å². The van der Waals surface area contributed by atoms with Crippen LogP contribution in [0.4, 0.5) is 11.5 Å². The number of hydrogen-bond acceptors (Lipinski definition) is 6. The molecule has 5 aromatic rings. The molecule has 3 aromatic carbocycles. The van der Waals surface area contributed by atoms with E-state index in [1.54, 1.807) is 11.2 Å². The molecule has 0 aliphatic carbocycles. The molecular formula is C25H21N7O. The smallest absolute Gasteiger partial charge is 0.270 e. The lowest BCUT2D eigenvalue weighted by Gasteiger charge is -2.42. The number of nitrogens with one attached hydrogen (secondary N) is 3. The minimum atomic E-state index is -0.969. The number of carbonyl (C=O) groups excluding carboxylic acids is 1. The summed E-state index contributed by atoms with van der Waals surface area (Å²) in [5.74, 6) is 0.449. The molecule has 1 aliphatic heterocycles. The zero-order chi connectivity index (χ0) is 22.4. The first-order valence-electron chi connectivity index (χ1n) is 10.7. The van der Waals surface area contributed by atoms with Crippen molar-refractivity contribution < 1.29 is 4.79 Å². The highest BCUT2D eigenvalue weighted by Crippen LogP contribution is 2.39. The van der Waals surface area contributed by atoms with Gasteiger partial charge in [-0.2, -0.15) is 5.10 Å².